The average Bonchev–Trinajstić information content (AvgIpc) is 3.29. The van der Waals surface area contributed by atoms with E-state index in [1.807, 2.05) is 40.6 Å². The van der Waals surface area contributed by atoms with E-state index in [4.69, 9.17) is 10.5 Å². The number of nitrogens with two attached hydrogens (primary N) is 1. The van der Waals surface area contributed by atoms with E-state index in [1.165, 1.54) is 5.56 Å². The van der Waals surface area contributed by atoms with Crippen LogP contribution in [0.2, 0.25) is 0 Å². The van der Waals surface area contributed by atoms with Gasteiger partial charge in [0.15, 0.2) is 0 Å². The van der Waals surface area contributed by atoms with Crippen molar-refractivity contribution in [1.29, 1.82) is 0 Å². The van der Waals surface area contributed by atoms with Crippen LogP contribution in [0.25, 0.3) is 6.08 Å². The molecule has 1 amide bonds. The number of amides is 1. The Kier molecular flexibility index (Phi) is 4.36. The first-order valence-electron chi connectivity index (χ1n) is 8.67. The summed E-state index contributed by atoms with van der Waals surface area (Å²) in [6.45, 7) is 2.79. The number of likely N-dealkylation sites (tertiary alicyclic amines) is 1. The van der Waals surface area contributed by atoms with E-state index in [0.717, 1.165) is 42.1 Å². The lowest BCUT2D eigenvalue weighted by Gasteiger charge is -2.38. The van der Waals surface area contributed by atoms with Crippen LogP contribution in [0.15, 0.2) is 41.8 Å². The molecule has 0 aliphatic carbocycles. The van der Waals surface area contributed by atoms with E-state index in [2.05, 4.69) is 6.07 Å². The van der Waals surface area contributed by atoms with Crippen LogP contribution in [-0.2, 0) is 16.8 Å². The van der Waals surface area contributed by atoms with Crippen molar-refractivity contribution in [3.63, 3.8) is 0 Å². The maximum atomic E-state index is 12.4. The van der Waals surface area contributed by atoms with Crippen molar-refractivity contribution in [2.24, 2.45) is 5.73 Å². The highest BCUT2D eigenvalue weighted by atomic mass is 32.1. The topological polar surface area (TPSA) is 55.6 Å². The zero-order chi connectivity index (χ0) is 17.3. The molecule has 130 valence electrons. The predicted molar refractivity (Wildman–Crippen MR) is 101 cm³/mol. The molecule has 1 spiro atoms. The summed E-state index contributed by atoms with van der Waals surface area (Å²) in [6, 6.07) is 10.3. The minimum Gasteiger partial charge on any atom is -0.492 e. The molecular formula is C20H22N2O2S. The Hall–Kier alpha value is -2.11. The van der Waals surface area contributed by atoms with Crippen LogP contribution >= 0.6 is 11.3 Å². The third-order valence-corrected chi connectivity index (χ3v) is 6.16. The summed E-state index contributed by atoms with van der Waals surface area (Å²) in [5.74, 6) is 1.08. The van der Waals surface area contributed by atoms with Crippen molar-refractivity contribution < 1.29 is 9.53 Å². The highest BCUT2D eigenvalue weighted by Crippen LogP contribution is 2.45. The van der Waals surface area contributed by atoms with Crippen molar-refractivity contribution >= 4 is 23.3 Å². The Balaban J connectivity index is 1.45. The SMILES string of the molecule is NCc1ccc2c(c1)C1(CCN(C(=O)/C=C/c3cccs3)CC1)CO2. The smallest absolute Gasteiger partial charge is 0.246 e. The van der Waals surface area contributed by atoms with Crippen LogP contribution in [0.1, 0.15) is 28.8 Å². The number of ether oxygens (including phenoxy) is 1. The molecule has 0 atom stereocenters. The van der Waals surface area contributed by atoms with E-state index in [1.54, 1.807) is 17.4 Å². The normalized spacial score (nSPS) is 18.5. The van der Waals surface area contributed by atoms with Crippen LogP contribution < -0.4 is 10.5 Å². The summed E-state index contributed by atoms with van der Waals surface area (Å²) in [5, 5.41) is 2.02. The quantitative estimate of drug-likeness (QED) is 0.862. The second-order valence-corrected chi connectivity index (χ2v) is 7.76. The number of piperidine rings is 1. The van der Waals surface area contributed by atoms with Crippen LogP contribution in [0.5, 0.6) is 5.75 Å². The largest absolute Gasteiger partial charge is 0.492 e. The summed E-state index contributed by atoms with van der Waals surface area (Å²) < 4.78 is 5.93. The number of rotatable bonds is 3. The van der Waals surface area contributed by atoms with Gasteiger partial charge in [-0.1, -0.05) is 18.2 Å². The van der Waals surface area contributed by atoms with E-state index in [-0.39, 0.29) is 11.3 Å². The van der Waals surface area contributed by atoms with Gasteiger partial charge in [0.05, 0.1) is 6.61 Å². The van der Waals surface area contributed by atoms with Gasteiger partial charge in [-0.3, -0.25) is 4.79 Å². The minimum atomic E-state index is 0.0365. The van der Waals surface area contributed by atoms with Crippen LogP contribution in [0, 0.1) is 0 Å². The summed E-state index contributed by atoms with van der Waals surface area (Å²) in [4.78, 5) is 15.5. The first-order chi connectivity index (χ1) is 12.2. The average molecular weight is 354 g/mol. The molecule has 1 saturated heterocycles. The molecular weight excluding hydrogens is 332 g/mol. The van der Waals surface area contributed by atoms with Crippen molar-refractivity contribution in [3.05, 3.63) is 57.8 Å². The molecule has 25 heavy (non-hydrogen) atoms. The molecule has 1 aromatic carbocycles. The highest BCUT2D eigenvalue weighted by Gasteiger charge is 2.43. The Morgan fingerprint density at radius 2 is 2.16 bits per heavy atom. The molecule has 1 fully saturated rings. The zero-order valence-electron chi connectivity index (χ0n) is 14.1. The molecule has 5 heteroatoms. The number of fused-ring (bicyclic) bond motifs is 2. The first-order valence-corrected chi connectivity index (χ1v) is 9.55. The summed E-state index contributed by atoms with van der Waals surface area (Å²) in [7, 11) is 0. The van der Waals surface area contributed by atoms with Gasteiger partial charge < -0.3 is 15.4 Å². The van der Waals surface area contributed by atoms with Gasteiger partial charge in [-0.15, -0.1) is 11.3 Å². The molecule has 0 bridgehead atoms. The molecule has 0 radical (unpaired) electrons. The Morgan fingerprint density at radius 1 is 1.32 bits per heavy atom. The van der Waals surface area contributed by atoms with Crippen molar-refractivity contribution in [1.82, 2.24) is 4.90 Å². The summed E-state index contributed by atoms with van der Waals surface area (Å²) in [6.07, 6.45) is 5.47. The van der Waals surface area contributed by atoms with Crippen molar-refractivity contribution in [2.75, 3.05) is 19.7 Å². The number of hydrogen-bond acceptors (Lipinski definition) is 4. The lowest BCUT2D eigenvalue weighted by molar-refractivity contribution is -0.127. The Morgan fingerprint density at radius 3 is 2.88 bits per heavy atom. The van der Waals surface area contributed by atoms with Crippen LogP contribution in [0.3, 0.4) is 0 Å². The Bertz CT molecular complexity index is 790. The molecule has 2 aliphatic heterocycles. The molecule has 2 N–H and O–H groups in total. The lowest BCUT2D eigenvalue weighted by Crippen LogP contribution is -2.45. The fourth-order valence-corrected chi connectivity index (χ4v) is 4.37. The van der Waals surface area contributed by atoms with Crippen molar-refractivity contribution in [3.8, 4) is 5.75 Å². The number of carbonyl (C=O) groups is 1. The molecule has 2 aliphatic rings. The monoisotopic (exact) mass is 354 g/mol. The van der Waals surface area contributed by atoms with E-state index in [0.29, 0.717) is 13.2 Å². The van der Waals surface area contributed by atoms with Gasteiger partial charge in [-0.2, -0.15) is 0 Å². The van der Waals surface area contributed by atoms with Gasteiger partial charge in [0.1, 0.15) is 5.75 Å². The van der Waals surface area contributed by atoms with Gasteiger partial charge in [0.2, 0.25) is 5.91 Å². The second kappa shape index (κ2) is 6.65. The molecule has 1 aromatic heterocycles. The fourth-order valence-electron chi connectivity index (χ4n) is 3.75. The summed E-state index contributed by atoms with van der Waals surface area (Å²) in [5.41, 5.74) is 8.25. The third-order valence-electron chi connectivity index (χ3n) is 5.32. The molecule has 0 unspecified atom stereocenters. The maximum absolute atomic E-state index is 12.4. The van der Waals surface area contributed by atoms with Gasteiger partial charge in [-0.25, -0.2) is 0 Å². The zero-order valence-corrected chi connectivity index (χ0v) is 14.9. The third kappa shape index (κ3) is 3.10. The Labute approximate surface area is 151 Å². The minimum absolute atomic E-state index is 0.0365. The van der Waals surface area contributed by atoms with Gasteiger partial charge in [-0.05, 0) is 42.0 Å². The molecule has 4 rings (SSSR count). The van der Waals surface area contributed by atoms with E-state index >= 15 is 0 Å². The standard InChI is InChI=1S/C20H22N2O2S/c21-13-15-3-5-18-17(12-15)20(14-24-18)7-9-22(10-8-20)19(23)6-4-16-2-1-11-25-16/h1-6,11-12H,7-10,13-14,21H2/b6-4+. The maximum Gasteiger partial charge on any atom is 0.246 e. The number of nitrogens with zero attached hydrogens (tertiary/aromatic N) is 1. The summed E-state index contributed by atoms with van der Waals surface area (Å²) >= 11 is 1.64. The lowest BCUT2D eigenvalue weighted by atomic mass is 9.74. The van der Waals surface area contributed by atoms with Crippen LogP contribution in [0.4, 0.5) is 0 Å². The molecule has 2 aromatic rings. The molecule has 3 heterocycles. The highest BCUT2D eigenvalue weighted by molar-refractivity contribution is 7.10. The first kappa shape index (κ1) is 16.4. The fraction of sp³-hybridized carbons (Fsp3) is 0.350. The number of benzene rings is 1. The van der Waals surface area contributed by atoms with Gasteiger partial charge >= 0.3 is 0 Å². The van der Waals surface area contributed by atoms with E-state index < -0.39 is 0 Å². The molecule has 4 nitrogen and oxygen atoms in total. The van der Waals surface area contributed by atoms with Crippen LogP contribution in [-0.4, -0.2) is 30.5 Å². The van der Waals surface area contributed by atoms with Crippen molar-refractivity contribution in [2.45, 2.75) is 24.8 Å². The second-order valence-electron chi connectivity index (χ2n) is 6.78. The number of carbonyl (C=O) groups excluding carboxylic acids is 1. The van der Waals surface area contributed by atoms with Gasteiger partial charge in [0, 0.05) is 41.6 Å². The van der Waals surface area contributed by atoms with Gasteiger partial charge in [0.25, 0.3) is 0 Å². The van der Waals surface area contributed by atoms with E-state index in [9.17, 15) is 4.79 Å². The predicted octanol–water partition coefficient (Wildman–Crippen LogP) is 3.17. The number of thiophene rings is 1. The number of hydrogen-bond donors (Lipinski definition) is 1. The molecule has 0 saturated carbocycles.